The molecule has 0 aromatic heterocycles. The average molecular weight is 245 g/mol. The molecule has 0 aliphatic carbocycles. The molecule has 0 aliphatic heterocycles. The van der Waals surface area contributed by atoms with Crippen LogP contribution in [0.25, 0.3) is 0 Å². The van der Waals surface area contributed by atoms with Crippen molar-refractivity contribution < 1.29 is 15.0 Å². The second-order valence-electron chi connectivity index (χ2n) is 3.81. The van der Waals surface area contributed by atoms with E-state index in [0.29, 0.717) is 6.54 Å². The summed E-state index contributed by atoms with van der Waals surface area (Å²) in [5.41, 5.74) is 4.78. The Labute approximate surface area is 105 Å². The smallest absolute Gasteiger partial charge is 0.327 e. The lowest BCUT2D eigenvalue weighted by Gasteiger charge is -1.96. The van der Waals surface area contributed by atoms with E-state index in [4.69, 9.17) is 15.9 Å². The van der Waals surface area contributed by atoms with Gasteiger partial charge in [-0.3, -0.25) is 0 Å². The highest BCUT2D eigenvalue weighted by Crippen LogP contribution is 2.06. The van der Waals surface area contributed by atoms with Gasteiger partial charge in [0.05, 0.1) is 6.61 Å². The summed E-state index contributed by atoms with van der Waals surface area (Å²) in [5, 5.41) is 16.0. The fourth-order valence-electron chi connectivity index (χ4n) is 1.23. The molecule has 0 aromatic carbocycles. The lowest BCUT2D eigenvalue weighted by atomic mass is 10.1. The third-order valence-corrected chi connectivity index (χ3v) is 2.11. The van der Waals surface area contributed by atoms with E-state index >= 15 is 0 Å². The second kappa shape index (κ2) is 17.5. The summed E-state index contributed by atoms with van der Waals surface area (Å²) in [7, 11) is 0. The zero-order valence-corrected chi connectivity index (χ0v) is 10.9. The number of carbonyl (C=O) groups is 1. The van der Waals surface area contributed by atoms with Gasteiger partial charge in [0.1, 0.15) is 0 Å². The number of aliphatic hydroxyl groups excluding tert-OH is 1. The van der Waals surface area contributed by atoms with Crippen LogP contribution in [0, 0.1) is 0 Å². The van der Waals surface area contributed by atoms with Crippen molar-refractivity contribution in [3.05, 3.63) is 12.2 Å². The molecule has 4 heteroatoms. The van der Waals surface area contributed by atoms with E-state index in [-0.39, 0.29) is 6.61 Å². The lowest BCUT2D eigenvalue weighted by Crippen LogP contribution is -2.02. The Hall–Kier alpha value is -0.870. The molecular formula is C13H27NO3. The minimum absolute atomic E-state index is 0.0972. The molecule has 0 unspecified atom stereocenters. The Kier molecular flexibility index (Phi) is 19.1. The van der Waals surface area contributed by atoms with Crippen molar-refractivity contribution in [3.63, 3.8) is 0 Å². The number of carboxylic acids is 1. The minimum atomic E-state index is -0.842. The average Bonchev–Trinajstić information content (AvgIpc) is 2.32. The van der Waals surface area contributed by atoms with Crippen LogP contribution in [0.15, 0.2) is 12.2 Å². The van der Waals surface area contributed by atoms with Crippen LogP contribution in [0.4, 0.5) is 0 Å². The zero-order chi connectivity index (χ0) is 13.4. The molecule has 102 valence electrons. The van der Waals surface area contributed by atoms with Gasteiger partial charge < -0.3 is 15.9 Å². The van der Waals surface area contributed by atoms with Crippen LogP contribution in [-0.2, 0) is 4.79 Å². The maximum Gasteiger partial charge on any atom is 0.327 e. The van der Waals surface area contributed by atoms with E-state index in [1.165, 1.54) is 38.2 Å². The molecule has 4 nitrogen and oxygen atoms in total. The Bertz CT molecular complexity index is 180. The monoisotopic (exact) mass is 245 g/mol. The van der Waals surface area contributed by atoms with Gasteiger partial charge in [0, 0.05) is 12.6 Å². The number of allylic oxidation sites excluding steroid dienone is 1. The zero-order valence-electron chi connectivity index (χ0n) is 10.9. The molecule has 0 atom stereocenters. The highest BCUT2D eigenvalue weighted by molar-refractivity contribution is 5.79. The third kappa shape index (κ3) is 25.4. The molecule has 0 bridgehead atoms. The summed E-state index contributed by atoms with van der Waals surface area (Å²) in [5.74, 6) is -0.842. The number of nitrogens with two attached hydrogens (primary N) is 1. The van der Waals surface area contributed by atoms with Crippen molar-refractivity contribution in [2.45, 2.75) is 51.9 Å². The molecular weight excluding hydrogens is 218 g/mol. The summed E-state index contributed by atoms with van der Waals surface area (Å²) in [4.78, 5) is 10.1. The van der Waals surface area contributed by atoms with Crippen molar-refractivity contribution in [3.8, 4) is 0 Å². The topological polar surface area (TPSA) is 83.5 Å². The molecule has 0 aliphatic rings. The fourth-order valence-corrected chi connectivity index (χ4v) is 1.23. The molecule has 4 N–H and O–H groups in total. The van der Waals surface area contributed by atoms with Crippen LogP contribution < -0.4 is 5.73 Å². The number of unbranched alkanes of at least 4 members (excludes halogenated alkanes) is 6. The molecule has 0 radical (unpaired) electrons. The van der Waals surface area contributed by atoms with Crippen LogP contribution in [0.5, 0.6) is 0 Å². The number of carboxylic acid groups (broad SMARTS) is 1. The van der Waals surface area contributed by atoms with Crippen LogP contribution in [0.3, 0.4) is 0 Å². The molecule has 0 amide bonds. The highest BCUT2D eigenvalue weighted by atomic mass is 16.4. The first-order valence-corrected chi connectivity index (χ1v) is 6.39. The summed E-state index contributed by atoms with van der Waals surface area (Å²) in [6.07, 6.45) is 11.4. The molecule has 17 heavy (non-hydrogen) atoms. The predicted molar refractivity (Wildman–Crippen MR) is 70.9 cm³/mol. The largest absolute Gasteiger partial charge is 0.478 e. The SMILES string of the molecule is CCCCCCCC/C=C/C(=O)O.NCCO. The van der Waals surface area contributed by atoms with E-state index in [1.54, 1.807) is 6.08 Å². The van der Waals surface area contributed by atoms with E-state index in [1.807, 2.05) is 0 Å². The third-order valence-electron chi connectivity index (χ3n) is 2.11. The van der Waals surface area contributed by atoms with E-state index in [0.717, 1.165) is 12.8 Å². The number of aliphatic hydroxyl groups is 1. The van der Waals surface area contributed by atoms with Gasteiger partial charge in [0.25, 0.3) is 0 Å². The Morgan fingerprint density at radius 1 is 1.18 bits per heavy atom. The van der Waals surface area contributed by atoms with Gasteiger partial charge in [-0.1, -0.05) is 45.1 Å². The maximum atomic E-state index is 10.1. The molecule has 0 fully saturated rings. The van der Waals surface area contributed by atoms with E-state index < -0.39 is 5.97 Å². The van der Waals surface area contributed by atoms with Gasteiger partial charge in [-0.25, -0.2) is 4.79 Å². The number of hydrogen-bond acceptors (Lipinski definition) is 3. The van der Waals surface area contributed by atoms with Crippen molar-refractivity contribution >= 4 is 5.97 Å². The Morgan fingerprint density at radius 2 is 1.71 bits per heavy atom. The molecule has 0 saturated carbocycles. The van der Waals surface area contributed by atoms with Crippen LogP contribution in [-0.4, -0.2) is 29.3 Å². The van der Waals surface area contributed by atoms with Crippen molar-refractivity contribution in [1.29, 1.82) is 0 Å². The van der Waals surface area contributed by atoms with Crippen molar-refractivity contribution in [1.82, 2.24) is 0 Å². The fraction of sp³-hybridized carbons (Fsp3) is 0.769. The van der Waals surface area contributed by atoms with Gasteiger partial charge >= 0.3 is 5.97 Å². The normalized spacial score (nSPS) is 10.1. The Morgan fingerprint density at radius 3 is 2.18 bits per heavy atom. The van der Waals surface area contributed by atoms with E-state index in [9.17, 15) is 4.79 Å². The van der Waals surface area contributed by atoms with Gasteiger partial charge in [0.2, 0.25) is 0 Å². The summed E-state index contributed by atoms with van der Waals surface area (Å²) in [6.45, 7) is 2.68. The first-order chi connectivity index (χ1) is 8.18. The van der Waals surface area contributed by atoms with Crippen molar-refractivity contribution in [2.75, 3.05) is 13.2 Å². The van der Waals surface area contributed by atoms with Gasteiger partial charge in [-0.2, -0.15) is 0 Å². The maximum absolute atomic E-state index is 10.1. The first kappa shape index (κ1) is 18.5. The Balaban J connectivity index is 0. The van der Waals surface area contributed by atoms with Gasteiger partial charge in [-0.05, 0) is 12.8 Å². The number of aliphatic carboxylic acids is 1. The number of rotatable bonds is 9. The molecule has 0 spiro atoms. The lowest BCUT2D eigenvalue weighted by molar-refractivity contribution is -0.131. The van der Waals surface area contributed by atoms with E-state index in [2.05, 4.69) is 6.92 Å². The quantitative estimate of drug-likeness (QED) is 0.430. The second-order valence-corrected chi connectivity index (χ2v) is 3.81. The molecule has 0 saturated heterocycles. The van der Waals surface area contributed by atoms with Gasteiger partial charge in [-0.15, -0.1) is 0 Å². The molecule has 0 rings (SSSR count). The summed E-state index contributed by atoms with van der Waals surface area (Å²) in [6, 6.07) is 0. The minimum Gasteiger partial charge on any atom is -0.478 e. The van der Waals surface area contributed by atoms with Crippen LogP contribution >= 0.6 is 0 Å². The highest BCUT2D eigenvalue weighted by Gasteiger charge is 1.89. The molecule has 0 heterocycles. The number of hydrogen-bond donors (Lipinski definition) is 3. The summed E-state index contributed by atoms with van der Waals surface area (Å²) >= 11 is 0. The predicted octanol–water partition coefficient (Wildman–Crippen LogP) is 2.32. The first-order valence-electron chi connectivity index (χ1n) is 6.39. The summed E-state index contributed by atoms with van der Waals surface area (Å²) < 4.78 is 0. The van der Waals surface area contributed by atoms with Gasteiger partial charge in [0.15, 0.2) is 0 Å². The van der Waals surface area contributed by atoms with Crippen LogP contribution in [0.2, 0.25) is 0 Å². The van der Waals surface area contributed by atoms with Crippen LogP contribution in [0.1, 0.15) is 51.9 Å². The standard InChI is InChI=1S/C11H20O2.C2H7NO/c1-2-3-4-5-6-7-8-9-10-11(12)13;3-1-2-4/h9-10H,2-8H2,1H3,(H,12,13);4H,1-3H2/b10-9+;. The molecule has 0 aromatic rings. The van der Waals surface area contributed by atoms with Crippen molar-refractivity contribution in [2.24, 2.45) is 5.73 Å².